The first-order chi connectivity index (χ1) is 8.09. The summed E-state index contributed by atoms with van der Waals surface area (Å²) in [6, 6.07) is 6.38. The Morgan fingerprint density at radius 2 is 2.06 bits per heavy atom. The fraction of sp³-hybridized carbons (Fsp3) is 0.500. The second kappa shape index (κ2) is 7.05. The Morgan fingerprint density at radius 3 is 2.71 bits per heavy atom. The summed E-state index contributed by atoms with van der Waals surface area (Å²) in [6.45, 7) is 4.98. The van der Waals surface area contributed by atoms with E-state index in [-0.39, 0.29) is 18.1 Å². The summed E-state index contributed by atoms with van der Waals surface area (Å²) in [6.07, 6.45) is 2.19. The van der Waals surface area contributed by atoms with Crippen molar-refractivity contribution in [2.75, 3.05) is 6.54 Å². The summed E-state index contributed by atoms with van der Waals surface area (Å²) in [5, 5.41) is 2.81. The molecule has 0 radical (unpaired) electrons. The molecule has 2 nitrogen and oxygen atoms in total. The van der Waals surface area contributed by atoms with Crippen LogP contribution in [-0.4, -0.2) is 12.5 Å². The third-order valence-corrected chi connectivity index (χ3v) is 2.59. The van der Waals surface area contributed by atoms with Gasteiger partial charge in [-0.25, -0.2) is 4.39 Å². The van der Waals surface area contributed by atoms with Gasteiger partial charge in [0.05, 0.1) is 6.42 Å². The number of amides is 1. The van der Waals surface area contributed by atoms with Gasteiger partial charge in [-0.1, -0.05) is 32.0 Å². The minimum Gasteiger partial charge on any atom is -0.356 e. The highest BCUT2D eigenvalue weighted by molar-refractivity contribution is 5.78. The van der Waals surface area contributed by atoms with Gasteiger partial charge < -0.3 is 5.32 Å². The predicted octanol–water partition coefficient (Wildman–Crippen LogP) is 2.92. The van der Waals surface area contributed by atoms with Crippen LogP contribution in [0.15, 0.2) is 24.3 Å². The molecule has 3 heteroatoms. The molecular formula is C14H20FNO. The van der Waals surface area contributed by atoms with Gasteiger partial charge in [0.25, 0.3) is 0 Å². The minimum absolute atomic E-state index is 0.112. The Kier molecular flexibility index (Phi) is 5.67. The van der Waals surface area contributed by atoms with Crippen molar-refractivity contribution in [3.05, 3.63) is 35.6 Å². The first kappa shape index (κ1) is 13.7. The van der Waals surface area contributed by atoms with Gasteiger partial charge in [-0.3, -0.25) is 4.79 Å². The lowest BCUT2D eigenvalue weighted by Crippen LogP contribution is -2.26. The maximum atomic E-state index is 13.3. The van der Waals surface area contributed by atoms with Crippen molar-refractivity contribution >= 4 is 5.91 Å². The summed E-state index contributed by atoms with van der Waals surface area (Å²) in [7, 11) is 0. The molecule has 0 atom stereocenters. The summed E-state index contributed by atoms with van der Waals surface area (Å²) in [5.74, 6) is 0.224. The quantitative estimate of drug-likeness (QED) is 0.757. The van der Waals surface area contributed by atoms with Crippen molar-refractivity contribution in [1.82, 2.24) is 5.32 Å². The van der Waals surface area contributed by atoms with Crippen LogP contribution in [0.25, 0.3) is 0 Å². The number of hydrogen-bond acceptors (Lipinski definition) is 1. The smallest absolute Gasteiger partial charge is 0.224 e. The van der Waals surface area contributed by atoms with Gasteiger partial charge in [0.15, 0.2) is 0 Å². The van der Waals surface area contributed by atoms with E-state index >= 15 is 0 Å². The molecule has 1 N–H and O–H groups in total. The molecule has 17 heavy (non-hydrogen) atoms. The molecule has 0 bridgehead atoms. The third kappa shape index (κ3) is 5.48. The summed E-state index contributed by atoms with van der Waals surface area (Å²) >= 11 is 0. The van der Waals surface area contributed by atoms with Crippen LogP contribution in [0.2, 0.25) is 0 Å². The second-order valence-electron chi connectivity index (χ2n) is 4.65. The van der Waals surface area contributed by atoms with Crippen molar-refractivity contribution in [3.63, 3.8) is 0 Å². The molecule has 0 aliphatic rings. The molecule has 0 heterocycles. The SMILES string of the molecule is CC(C)CCCNC(=O)Cc1ccccc1F. The number of rotatable bonds is 6. The van der Waals surface area contributed by atoms with Crippen molar-refractivity contribution in [2.24, 2.45) is 5.92 Å². The molecular weight excluding hydrogens is 217 g/mol. The molecule has 1 aromatic carbocycles. The Morgan fingerprint density at radius 1 is 1.35 bits per heavy atom. The van der Waals surface area contributed by atoms with Gasteiger partial charge in [-0.05, 0) is 30.4 Å². The van der Waals surface area contributed by atoms with Gasteiger partial charge in [0.2, 0.25) is 5.91 Å². The van der Waals surface area contributed by atoms with Crippen LogP contribution in [0.3, 0.4) is 0 Å². The van der Waals surface area contributed by atoms with E-state index in [1.54, 1.807) is 18.2 Å². The van der Waals surface area contributed by atoms with Crippen LogP contribution in [0.4, 0.5) is 4.39 Å². The van der Waals surface area contributed by atoms with E-state index in [1.807, 2.05) is 0 Å². The van der Waals surface area contributed by atoms with Crippen molar-refractivity contribution in [3.8, 4) is 0 Å². The highest BCUT2D eigenvalue weighted by Gasteiger charge is 2.06. The van der Waals surface area contributed by atoms with Gasteiger partial charge >= 0.3 is 0 Å². The number of hydrogen-bond donors (Lipinski definition) is 1. The molecule has 1 rings (SSSR count). The van der Waals surface area contributed by atoms with Crippen molar-refractivity contribution in [1.29, 1.82) is 0 Å². The molecule has 0 unspecified atom stereocenters. The van der Waals surface area contributed by atoms with E-state index in [0.717, 1.165) is 12.8 Å². The Bertz CT molecular complexity index is 363. The number of halogens is 1. The Hall–Kier alpha value is -1.38. The summed E-state index contributed by atoms with van der Waals surface area (Å²) in [4.78, 5) is 11.5. The topological polar surface area (TPSA) is 29.1 Å². The van der Waals surface area contributed by atoms with E-state index in [1.165, 1.54) is 6.07 Å². The third-order valence-electron chi connectivity index (χ3n) is 2.59. The lowest BCUT2D eigenvalue weighted by atomic mass is 10.1. The highest BCUT2D eigenvalue weighted by Crippen LogP contribution is 2.07. The summed E-state index contributed by atoms with van der Waals surface area (Å²) in [5.41, 5.74) is 0.453. The highest BCUT2D eigenvalue weighted by atomic mass is 19.1. The maximum Gasteiger partial charge on any atom is 0.224 e. The lowest BCUT2D eigenvalue weighted by Gasteiger charge is -2.07. The zero-order valence-electron chi connectivity index (χ0n) is 10.5. The van der Waals surface area contributed by atoms with Gasteiger partial charge in [-0.2, -0.15) is 0 Å². The lowest BCUT2D eigenvalue weighted by molar-refractivity contribution is -0.120. The molecule has 0 fully saturated rings. The first-order valence-electron chi connectivity index (χ1n) is 6.09. The normalized spacial score (nSPS) is 10.6. The van der Waals surface area contributed by atoms with Gasteiger partial charge in [-0.15, -0.1) is 0 Å². The Balaban J connectivity index is 2.28. The van der Waals surface area contributed by atoms with E-state index in [2.05, 4.69) is 19.2 Å². The fourth-order valence-corrected chi connectivity index (χ4v) is 1.62. The summed E-state index contributed by atoms with van der Waals surface area (Å²) < 4.78 is 13.3. The molecule has 0 saturated heterocycles. The Labute approximate surface area is 102 Å². The van der Waals surface area contributed by atoms with E-state index in [0.29, 0.717) is 18.0 Å². The van der Waals surface area contributed by atoms with Crippen molar-refractivity contribution < 1.29 is 9.18 Å². The van der Waals surface area contributed by atoms with Crippen LogP contribution >= 0.6 is 0 Å². The number of nitrogens with one attached hydrogen (secondary N) is 1. The van der Waals surface area contributed by atoms with E-state index in [4.69, 9.17) is 0 Å². The van der Waals surface area contributed by atoms with Gasteiger partial charge in [0.1, 0.15) is 5.82 Å². The molecule has 1 amide bonds. The molecule has 0 saturated carbocycles. The van der Waals surface area contributed by atoms with E-state index in [9.17, 15) is 9.18 Å². The number of carbonyl (C=O) groups is 1. The molecule has 0 aromatic heterocycles. The number of carbonyl (C=O) groups excluding carboxylic acids is 1. The largest absolute Gasteiger partial charge is 0.356 e. The second-order valence-corrected chi connectivity index (χ2v) is 4.65. The van der Waals surface area contributed by atoms with E-state index < -0.39 is 0 Å². The zero-order chi connectivity index (χ0) is 12.7. The van der Waals surface area contributed by atoms with Crippen LogP contribution in [0.1, 0.15) is 32.3 Å². The maximum absolute atomic E-state index is 13.3. The average Bonchev–Trinajstić information content (AvgIpc) is 2.27. The molecule has 0 aliphatic heterocycles. The molecule has 0 spiro atoms. The molecule has 0 aliphatic carbocycles. The van der Waals surface area contributed by atoms with Gasteiger partial charge in [0, 0.05) is 6.54 Å². The molecule has 1 aromatic rings. The standard InChI is InChI=1S/C14H20FNO/c1-11(2)6-5-9-16-14(17)10-12-7-3-4-8-13(12)15/h3-4,7-8,11H,5-6,9-10H2,1-2H3,(H,16,17). The molecule has 94 valence electrons. The van der Waals surface area contributed by atoms with Crippen LogP contribution in [0.5, 0.6) is 0 Å². The van der Waals surface area contributed by atoms with Crippen molar-refractivity contribution in [2.45, 2.75) is 33.1 Å². The van der Waals surface area contributed by atoms with Crippen LogP contribution in [-0.2, 0) is 11.2 Å². The predicted molar refractivity (Wildman–Crippen MR) is 67.2 cm³/mol. The van der Waals surface area contributed by atoms with Crippen LogP contribution in [0, 0.1) is 11.7 Å². The fourth-order valence-electron chi connectivity index (χ4n) is 1.62. The average molecular weight is 237 g/mol. The monoisotopic (exact) mass is 237 g/mol. The number of benzene rings is 1. The van der Waals surface area contributed by atoms with Crippen LogP contribution < -0.4 is 5.32 Å². The zero-order valence-corrected chi connectivity index (χ0v) is 10.5. The first-order valence-corrected chi connectivity index (χ1v) is 6.09. The minimum atomic E-state index is -0.315.